The molecule has 6 heteroatoms. The number of methoxy groups -OCH3 is 2. The zero-order chi connectivity index (χ0) is 14.4. The zero-order valence-corrected chi connectivity index (χ0v) is 12.2. The predicted molar refractivity (Wildman–Crippen MR) is 74.3 cm³/mol. The van der Waals surface area contributed by atoms with Crippen LogP contribution in [0, 0.1) is 0 Å². The summed E-state index contributed by atoms with van der Waals surface area (Å²) in [6.45, 7) is 3.70. The number of benzene rings is 1. The van der Waals surface area contributed by atoms with E-state index in [9.17, 15) is 4.79 Å². The Kier molecular flexibility index (Phi) is 5.92. The number of amides is 1. The van der Waals surface area contributed by atoms with Crippen molar-refractivity contribution >= 4 is 23.2 Å². The van der Waals surface area contributed by atoms with Gasteiger partial charge in [0, 0.05) is 12.1 Å². The van der Waals surface area contributed by atoms with Crippen LogP contribution in [0.4, 0.5) is 5.69 Å². The smallest absolute Gasteiger partial charge is 0.250 e. The Labute approximate surface area is 117 Å². The Morgan fingerprint density at radius 3 is 2.42 bits per heavy atom. The second-order valence-corrected chi connectivity index (χ2v) is 4.50. The number of rotatable bonds is 6. The lowest BCUT2D eigenvalue weighted by atomic mass is 10.2. The quantitative estimate of drug-likeness (QED) is 0.874. The number of halogens is 1. The summed E-state index contributed by atoms with van der Waals surface area (Å²) in [6, 6.07) is 3.19. The molecular weight excluding hydrogens is 270 g/mol. The number of carbonyl (C=O) groups is 1. The van der Waals surface area contributed by atoms with Crippen molar-refractivity contribution in [1.82, 2.24) is 0 Å². The molecule has 0 spiro atoms. The van der Waals surface area contributed by atoms with E-state index in [2.05, 4.69) is 5.32 Å². The van der Waals surface area contributed by atoms with E-state index in [0.717, 1.165) is 0 Å². The Morgan fingerprint density at radius 2 is 1.89 bits per heavy atom. The van der Waals surface area contributed by atoms with Crippen LogP contribution >= 0.6 is 11.6 Å². The molecular formula is C13H18ClNO4. The van der Waals surface area contributed by atoms with E-state index >= 15 is 0 Å². The second-order valence-electron chi connectivity index (χ2n) is 4.09. The molecule has 19 heavy (non-hydrogen) atoms. The molecule has 0 atom stereocenters. The lowest BCUT2D eigenvalue weighted by molar-refractivity contribution is -0.121. The molecule has 1 rings (SSSR count). The largest absolute Gasteiger partial charge is 0.495 e. The molecule has 1 N–H and O–H groups in total. The average molecular weight is 288 g/mol. The summed E-state index contributed by atoms with van der Waals surface area (Å²) in [5.74, 6) is 0.655. The van der Waals surface area contributed by atoms with Crippen molar-refractivity contribution in [1.29, 1.82) is 0 Å². The normalized spacial score (nSPS) is 10.4. The number of hydrogen-bond donors (Lipinski definition) is 1. The van der Waals surface area contributed by atoms with Gasteiger partial charge >= 0.3 is 0 Å². The van der Waals surface area contributed by atoms with Gasteiger partial charge in [-0.05, 0) is 13.8 Å². The maximum absolute atomic E-state index is 11.7. The number of ether oxygens (including phenoxy) is 3. The number of hydrogen-bond acceptors (Lipinski definition) is 4. The predicted octanol–water partition coefficient (Wildman–Crippen LogP) is 2.72. The van der Waals surface area contributed by atoms with Crippen molar-refractivity contribution in [3.05, 3.63) is 17.2 Å². The van der Waals surface area contributed by atoms with E-state index in [1.165, 1.54) is 14.2 Å². The Bertz CT molecular complexity index is 449. The van der Waals surface area contributed by atoms with Crippen molar-refractivity contribution in [2.75, 3.05) is 26.1 Å². The Balaban J connectivity index is 2.84. The maximum atomic E-state index is 11.7. The van der Waals surface area contributed by atoms with Gasteiger partial charge in [0.2, 0.25) is 5.91 Å². The zero-order valence-electron chi connectivity index (χ0n) is 11.5. The van der Waals surface area contributed by atoms with Gasteiger partial charge in [0.25, 0.3) is 0 Å². The van der Waals surface area contributed by atoms with E-state index in [-0.39, 0.29) is 18.6 Å². The minimum atomic E-state index is -0.267. The van der Waals surface area contributed by atoms with Gasteiger partial charge in [-0.15, -0.1) is 0 Å². The van der Waals surface area contributed by atoms with Crippen LogP contribution in [0.5, 0.6) is 11.5 Å². The molecule has 0 heterocycles. The highest BCUT2D eigenvalue weighted by Gasteiger charge is 2.12. The van der Waals surface area contributed by atoms with Crippen LogP contribution in [0.1, 0.15) is 13.8 Å². The molecule has 0 unspecified atom stereocenters. The summed E-state index contributed by atoms with van der Waals surface area (Å²) in [7, 11) is 3.00. The molecule has 0 bridgehead atoms. The first-order valence-corrected chi connectivity index (χ1v) is 6.18. The van der Waals surface area contributed by atoms with Crippen LogP contribution in [-0.2, 0) is 9.53 Å². The summed E-state index contributed by atoms with van der Waals surface area (Å²) in [5, 5.41) is 3.10. The molecule has 106 valence electrons. The van der Waals surface area contributed by atoms with Crippen molar-refractivity contribution in [2.45, 2.75) is 20.0 Å². The van der Waals surface area contributed by atoms with Gasteiger partial charge in [0.1, 0.15) is 18.1 Å². The van der Waals surface area contributed by atoms with Gasteiger partial charge in [-0.3, -0.25) is 4.79 Å². The van der Waals surface area contributed by atoms with Crippen LogP contribution in [0.15, 0.2) is 12.1 Å². The third-order valence-corrected chi connectivity index (χ3v) is 2.59. The summed E-state index contributed by atoms with van der Waals surface area (Å²) in [4.78, 5) is 11.7. The van der Waals surface area contributed by atoms with Crippen LogP contribution in [0.3, 0.4) is 0 Å². The van der Waals surface area contributed by atoms with E-state index < -0.39 is 0 Å². The number of anilines is 1. The molecule has 1 aromatic rings. The highest BCUT2D eigenvalue weighted by molar-refractivity contribution is 6.32. The molecule has 0 fully saturated rings. The highest BCUT2D eigenvalue weighted by Crippen LogP contribution is 2.35. The first-order valence-electron chi connectivity index (χ1n) is 5.81. The highest BCUT2D eigenvalue weighted by atomic mass is 35.5. The minimum Gasteiger partial charge on any atom is -0.495 e. The molecule has 1 aromatic carbocycles. The van der Waals surface area contributed by atoms with Gasteiger partial charge in [-0.1, -0.05) is 11.6 Å². The van der Waals surface area contributed by atoms with Crippen LogP contribution in [0.2, 0.25) is 5.02 Å². The van der Waals surface area contributed by atoms with Gasteiger partial charge < -0.3 is 19.5 Å². The van der Waals surface area contributed by atoms with Crippen molar-refractivity contribution in [3.63, 3.8) is 0 Å². The summed E-state index contributed by atoms with van der Waals surface area (Å²) in [5.41, 5.74) is 0.487. The standard InChI is InChI=1S/C13H18ClNO4/c1-8(2)19-7-13(16)15-10-6-11(17-3)9(14)5-12(10)18-4/h5-6,8H,7H2,1-4H3,(H,15,16). The lowest BCUT2D eigenvalue weighted by Gasteiger charge is -2.13. The molecule has 5 nitrogen and oxygen atoms in total. The molecule has 0 radical (unpaired) electrons. The summed E-state index contributed by atoms with van der Waals surface area (Å²) >= 11 is 5.98. The number of carbonyl (C=O) groups excluding carboxylic acids is 1. The van der Waals surface area contributed by atoms with E-state index in [4.69, 9.17) is 25.8 Å². The fraction of sp³-hybridized carbons (Fsp3) is 0.462. The minimum absolute atomic E-state index is 0.00704. The molecule has 0 aromatic heterocycles. The molecule has 0 saturated carbocycles. The molecule has 0 aliphatic rings. The fourth-order valence-electron chi connectivity index (χ4n) is 1.39. The second kappa shape index (κ2) is 7.21. The monoisotopic (exact) mass is 287 g/mol. The topological polar surface area (TPSA) is 56.8 Å². The van der Waals surface area contributed by atoms with E-state index in [1.807, 2.05) is 13.8 Å². The summed E-state index contributed by atoms with van der Waals surface area (Å²) in [6.07, 6.45) is -0.00704. The van der Waals surface area contributed by atoms with E-state index in [0.29, 0.717) is 22.2 Å². The fourth-order valence-corrected chi connectivity index (χ4v) is 1.62. The molecule has 0 saturated heterocycles. The van der Waals surface area contributed by atoms with Gasteiger partial charge in [0.05, 0.1) is 31.0 Å². The number of nitrogens with one attached hydrogen (secondary N) is 1. The molecule has 0 aliphatic carbocycles. The van der Waals surface area contributed by atoms with Crippen LogP contribution < -0.4 is 14.8 Å². The molecule has 0 aliphatic heterocycles. The Hall–Kier alpha value is -1.46. The maximum Gasteiger partial charge on any atom is 0.250 e. The lowest BCUT2D eigenvalue weighted by Crippen LogP contribution is -2.21. The van der Waals surface area contributed by atoms with Gasteiger partial charge in [-0.2, -0.15) is 0 Å². The third-order valence-electron chi connectivity index (χ3n) is 2.30. The molecule has 1 amide bonds. The summed E-state index contributed by atoms with van der Waals surface area (Å²) < 4.78 is 15.5. The third kappa shape index (κ3) is 4.61. The van der Waals surface area contributed by atoms with Gasteiger partial charge in [0.15, 0.2) is 0 Å². The van der Waals surface area contributed by atoms with Crippen molar-refractivity contribution in [3.8, 4) is 11.5 Å². The van der Waals surface area contributed by atoms with Gasteiger partial charge in [-0.25, -0.2) is 0 Å². The average Bonchev–Trinajstić information content (AvgIpc) is 2.37. The Morgan fingerprint density at radius 1 is 1.26 bits per heavy atom. The van der Waals surface area contributed by atoms with Crippen LogP contribution in [-0.4, -0.2) is 32.8 Å². The van der Waals surface area contributed by atoms with Crippen molar-refractivity contribution in [2.24, 2.45) is 0 Å². The van der Waals surface area contributed by atoms with Crippen molar-refractivity contribution < 1.29 is 19.0 Å². The first-order chi connectivity index (χ1) is 8.97. The SMILES string of the molecule is COc1cc(NC(=O)COC(C)C)c(OC)cc1Cl. The van der Waals surface area contributed by atoms with E-state index in [1.54, 1.807) is 12.1 Å². The first kappa shape index (κ1) is 15.6. The van der Waals surface area contributed by atoms with Crippen LogP contribution in [0.25, 0.3) is 0 Å².